The molecule has 112 valence electrons. The van der Waals surface area contributed by atoms with E-state index in [1.165, 1.54) is 6.07 Å². The maximum Gasteiger partial charge on any atom is 0.408 e. The Bertz CT molecular complexity index is 608. The van der Waals surface area contributed by atoms with Crippen molar-refractivity contribution in [3.63, 3.8) is 0 Å². The standard InChI is InChI=1S/C14H13F3N2O2/c1-9-7-11(19-21-9)13(20)18-12(14(15,16)17)8-10-5-3-2-4-6-10/h2-7,12H,8H2,1H3,(H,18,20)/t12-/m0/s1. The molecule has 21 heavy (non-hydrogen) atoms. The molecule has 2 rings (SSSR count). The van der Waals surface area contributed by atoms with E-state index in [2.05, 4.69) is 9.68 Å². The molecule has 0 fully saturated rings. The number of amides is 1. The third-order valence-corrected chi connectivity index (χ3v) is 2.84. The smallest absolute Gasteiger partial charge is 0.361 e. The number of alkyl halides is 3. The van der Waals surface area contributed by atoms with Crippen molar-refractivity contribution in [2.24, 2.45) is 0 Å². The highest BCUT2D eigenvalue weighted by atomic mass is 19.4. The van der Waals surface area contributed by atoms with Crippen LogP contribution in [-0.2, 0) is 6.42 Å². The van der Waals surface area contributed by atoms with Crippen LogP contribution in [0.1, 0.15) is 21.8 Å². The van der Waals surface area contributed by atoms with Crippen LogP contribution in [0.15, 0.2) is 40.9 Å². The molecule has 7 heteroatoms. The predicted molar refractivity (Wildman–Crippen MR) is 68.7 cm³/mol. The lowest BCUT2D eigenvalue weighted by molar-refractivity contribution is -0.153. The van der Waals surface area contributed by atoms with Gasteiger partial charge in [-0.3, -0.25) is 4.79 Å². The second-order valence-electron chi connectivity index (χ2n) is 4.58. The summed E-state index contributed by atoms with van der Waals surface area (Å²) < 4.78 is 43.8. The zero-order valence-electron chi connectivity index (χ0n) is 11.1. The van der Waals surface area contributed by atoms with Crippen LogP contribution in [-0.4, -0.2) is 23.3 Å². The van der Waals surface area contributed by atoms with Crippen molar-refractivity contribution in [3.05, 3.63) is 53.4 Å². The van der Waals surface area contributed by atoms with Crippen LogP contribution in [0.2, 0.25) is 0 Å². The van der Waals surface area contributed by atoms with Crippen molar-refractivity contribution in [3.8, 4) is 0 Å². The summed E-state index contributed by atoms with van der Waals surface area (Å²) in [4.78, 5) is 11.8. The maximum absolute atomic E-state index is 13.0. The summed E-state index contributed by atoms with van der Waals surface area (Å²) >= 11 is 0. The number of aromatic nitrogens is 1. The number of nitrogens with zero attached hydrogens (tertiary/aromatic N) is 1. The highest BCUT2D eigenvalue weighted by Crippen LogP contribution is 2.23. The van der Waals surface area contributed by atoms with Crippen LogP contribution in [0.4, 0.5) is 13.2 Å². The maximum atomic E-state index is 13.0. The quantitative estimate of drug-likeness (QED) is 0.944. The zero-order valence-corrected chi connectivity index (χ0v) is 11.1. The molecule has 0 saturated carbocycles. The molecule has 0 aliphatic heterocycles. The first-order chi connectivity index (χ1) is 9.86. The summed E-state index contributed by atoms with van der Waals surface area (Å²) in [6.07, 6.45) is -4.89. The van der Waals surface area contributed by atoms with E-state index < -0.39 is 18.1 Å². The van der Waals surface area contributed by atoms with Gasteiger partial charge in [0.25, 0.3) is 5.91 Å². The Hall–Kier alpha value is -2.31. The molecule has 1 aromatic heterocycles. The van der Waals surface area contributed by atoms with Gasteiger partial charge in [0.15, 0.2) is 5.69 Å². The van der Waals surface area contributed by atoms with E-state index in [1.54, 1.807) is 37.3 Å². The Balaban J connectivity index is 2.12. The SMILES string of the molecule is Cc1cc(C(=O)N[C@@H](Cc2ccccc2)C(F)(F)F)no1. The highest BCUT2D eigenvalue weighted by molar-refractivity contribution is 5.92. The Kier molecular flexibility index (Phi) is 4.30. The molecule has 0 radical (unpaired) electrons. The van der Waals surface area contributed by atoms with Crippen LogP contribution in [0, 0.1) is 6.92 Å². The van der Waals surface area contributed by atoms with Gasteiger partial charge in [0, 0.05) is 12.5 Å². The Labute approximate surface area is 118 Å². The van der Waals surface area contributed by atoms with Gasteiger partial charge in [0.05, 0.1) is 0 Å². The third kappa shape index (κ3) is 4.08. The van der Waals surface area contributed by atoms with Crippen LogP contribution in [0.5, 0.6) is 0 Å². The molecule has 1 heterocycles. The number of hydrogen-bond donors (Lipinski definition) is 1. The minimum Gasteiger partial charge on any atom is -0.361 e. The number of carbonyl (C=O) groups excluding carboxylic acids is 1. The first-order valence-corrected chi connectivity index (χ1v) is 6.21. The van der Waals surface area contributed by atoms with E-state index in [-0.39, 0.29) is 12.1 Å². The molecule has 4 nitrogen and oxygen atoms in total. The van der Waals surface area contributed by atoms with Gasteiger partial charge < -0.3 is 9.84 Å². The molecule has 0 aliphatic rings. The van der Waals surface area contributed by atoms with E-state index in [0.717, 1.165) is 0 Å². The fourth-order valence-corrected chi connectivity index (χ4v) is 1.80. The number of carbonyl (C=O) groups is 1. The van der Waals surface area contributed by atoms with Crippen LogP contribution < -0.4 is 5.32 Å². The molecular formula is C14H13F3N2O2. The predicted octanol–water partition coefficient (Wildman–Crippen LogP) is 2.89. The van der Waals surface area contributed by atoms with Crippen molar-refractivity contribution >= 4 is 5.91 Å². The fourth-order valence-electron chi connectivity index (χ4n) is 1.80. The normalized spacial score (nSPS) is 13.0. The molecule has 0 bridgehead atoms. The van der Waals surface area contributed by atoms with Gasteiger partial charge in [-0.2, -0.15) is 13.2 Å². The van der Waals surface area contributed by atoms with Gasteiger partial charge in [-0.05, 0) is 12.5 Å². The minimum absolute atomic E-state index is 0.171. The van der Waals surface area contributed by atoms with E-state index in [0.29, 0.717) is 11.3 Å². The lowest BCUT2D eigenvalue weighted by atomic mass is 10.1. The Morgan fingerprint density at radius 1 is 1.33 bits per heavy atom. The molecule has 0 unspecified atom stereocenters. The van der Waals surface area contributed by atoms with Gasteiger partial charge in [-0.25, -0.2) is 0 Å². The number of benzene rings is 1. The second kappa shape index (κ2) is 5.99. The third-order valence-electron chi connectivity index (χ3n) is 2.84. The van der Waals surface area contributed by atoms with Crippen LogP contribution in [0.25, 0.3) is 0 Å². The molecular weight excluding hydrogens is 285 g/mol. The van der Waals surface area contributed by atoms with Crippen molar-refractivity contribution in [1.82, 2.24) is 10.5 Å². The van der Waals surface area contributed by atoms with Gasteiger partial charge in [-0.1, -0.05) is 35.5 Å². The van der Waals surface area contributed by atoms with Gasteiger partial charge in [0.1, 0.15) is 11.8 Å². The van der Waals surface area contributed by atoms with E-state index in [4.69, 9.17) is 0 Å². The van der Waals surface area contributed by atoms with Crippen LogP contribution >= 0.6 is 0 Å². The average molecular weight is 298 g/mol. The van der Waals surface area contributed by atoms with Gasteiger partial charge in [0.2, 0.25) is 0 Å². The summed E-state index contributed by atoms with van der Waals surface area (Å²) in [7, 11) is 0. The minimum atomic E-state index is -4.55. The molecule has 1 atom stereocenters. The molecule has 1 N–H and O–H groups in total. The number of hydrogen-bond acceptors (Lipinski definition) is 3. The lowest BCUT2D eigenvalue weighted by Gasteiger charge is -2.21. The monoisotopic (exact) mass is 298 g/mol. The van der Waals surface area contributed by atoms with E-state index >= 15 is 0 Å². The summed E-state index contributed by atoms with van der Waals surface area (Å²) in [5.74, 6) is -0.558. The second-order valence-corrected chi connectivity index (χ2v) is 4.58. The number of aryl methyl sites for hydroxylation is 1. The van der Waals surface area contributed by atoms with E-state index in [1.807, 2.05) is 5.32 Å². The molecule has 0 aliphatic carbocycles. The molecule has 1 aromatic carbocycles. The van der Waals surface area contributed by atoms with Crippen molar-refractivity contribution in [1.29, 1.82) is 0 Å². The van der Waals surface area contributed by atoms with Crippen molar-refractivity contribution < 1.29 is 22.5 Å². The first-order valence-electron chi connectivity index (χ1n) is 6.21. The number of halogens is 3. The van der Waals surface area contributed by atoms with Crippen LogP contribution in [0.3, 0.4) is 0 Å². The topological polar surface area (TPSA) is 55.1 Å². The largest absolute Gasteiger partial charge is 0.408 e. The molecule has 0 saturated heterocycles. The summed E-state index contributed by atoms with van der Waals surface area (Å²) in [6, 6.07) is 7.45. The van der Waals surface area contributed by atoms with Crippen molar-refractivity contribution in [2.45, 2.75) is 25.6 Å². The number of nitrogens with one attached hydrogen (secondary N) is 1. The fraction of sp³-hybridized carbons (Fsp3) is 0.286. The summed E-state index contributed by atoms with van der Waals surface area (Å²) in [5, 5.41) is 5.35. The lowest BCUT2D eigenvalue weighted by Crippen LogP contribution is -2.46. The highest BCUT2D eigenvalue weighted by Gasteiger charge is 2.41. The van der Waals surface area contributed by atoms with Gasteiger partial charge >= 0.3 is 6.18 Å². The van der Waals surface area contributed by atoms with Gasteiger partial charge in [-0.15, -0.1) is 0 Å². The molecule has 2 aromatic rings. The Morgan fingerprint density at radius 3 is 2.52 bits per heavy atom. The first kappa shape index (κ1) is 15.1. The number of rotatable bonds is 4. The average Bonchev–Trinajstić information content (AvgIpc) is 2.85. The molecule has 1 amide bonds. The zero-order chi connectivity index (χ0) is 15.5. The summed E-state index contributed by atoms with van der Waals surface area (Å²) in [5.41, 5.74) is 0.311. The molecule has 0 spiro atoms. The summed E-state index contributed by atoms with van der Waals surface area (Å²) in [6.45, 7) is 1.55. The van der Waals surface area contributed by atoms with E-state index in [9.17, 15) is 18.0 Å². The Morgan fingerprint density at radius 2 is 2.00 bits per heavy atom. The van der Waals surface area contributed by atoms with Crippen molar-refractivity contribution in [2.75, 3.05) is 0 Å².